The van der Waals surface area contributed by atoms with Crippen LogP contribution in [0.3, 0.4) is 0 Å². The Hall–Kier alpha value is -1.04. The molecule has 18 heavy (non-hydrogen) atoms. The molecule has 0 heterocycles. The summed E-state index contributed by atoms with van der Waals surface area (Å²) in [6.07, 6.45) is 8.00. The molecular formula is C18H24. The fourth-order valence-corrected chi connectivity index (χ4v) is 4.06. The average molecular weight is 240 g/mol. The Morgan fingerprint density at radius 1 is 1.17 bits per heavy atom. The molecule has 0 nitrogen and oxygen atoms in total. The maximum absolute atomic E-state index is 2.54. The maximum Gasteiger partial charge on any atom is -0.00945 e. The monoisotopic (exact) mass is 240 g/mol. The molecular weight excluding hydrogens is 216 g/mol. The van der Waals surface area contributed by atoms with Gasteiger partial charge in [-0.25, -0.2) is 0 Å². The molecule has 0 aliphatic heterocycles. The van der Waals surface area contributed by atoms with E-state index in [1.807, 2.05) is 0 Å². The summed E-state index contributed by atoms with van der Waals surface area (Å²) in [5.41, 5.74) is 5.02. The van der Waals surface area contributed by atoms with Crippen LogP contribution in [0.4, 0.5) is 0 Å². The van der Waals surface area contributed by atoms with Crippen molar-refractivity contribution in [1.29, 1.82) is 0 Å². The first-order valence-corrected chi connectivity index (χ1v) is 7.33. The van der Waals surface area contributed by atoms with Gasteiger partial charge in [0.2, 0.25) is 0 Å². The number of allylic oxidation sites excluding steroid dienone is 2. The number of hydrogen-bond acceptors (Lipinski definition) is 0. The molecule has 96 valence electrons. The van der Waals surface area contributed by atoms with Crippen LogP contribution in [-0.2, 0) is 6.42 Å². The van der Waals surface area contributed by atoms with Crippen LogP contribution in [0.15, 0.2) is 35.9 Å². The molecule has 0 amide bonds. The molecule has 0 heteroatoms. The van der Waals surface area contributed by atoms with Crippen LogP contribution >= 0.6 is 0 Å². The van der Waals surface area contributed by atoms with Crippen molar-refractivity contribution in [1.82, 2.24) is 0 Å². The summed E-state index contributed by atoms with van der Waals surface area (Å²) in [4.78, 5) is 0. The highest BCUT2D eigenvalue weighted by Gasteiger charge is 2.48. The molecule has 2 aliphatic carbocycles. The number of aryl methyl sites for hydroxylation is 1. The lowest BCUT2D eigenvalue weighted by Gasteiger charge is -2.33. The van der Waals surface area contributed by atoms with Gasteiger partial charge in [-0.3, -0.25) is 0 Å². The van der Waals surface area contributed by atoms with E-state index in [-0.39, 0.29) is 0 Å². The summed E-state index contributed by atoms with van der Waals surface area (Å²) in [6.45, 7) is 7.07. The van der Waals surface area contributed by atoms with Gasteiger partial charge in [0, 0.05) is 0 Å². The lowest BCUT2D eigenvalue weighted by atomic mass is 9.72. The second kappa shape index (κ2) is 4.26. The van der Waals surface area contributed by atoms with E-state index in [1.54, 1.807) is 5.57 Å². The Kier molecular flexibility index (Phi) is 2.84. The quantitative estimate of drug-likeness (QED) is 0.644. The van der Waals surface area contributed by atoms with Gasteiger partial charge < -0.3 is 0 Å². The van der Waals surface area contributed by atoms with E-state index in [2.05, 4.69) is 51.1 Å². The number of benzene rings is 1. The Balaban J connectivity index is 1.79. The molecule has 3 rings (SSSR count). The minimum atomic E-state index is 0.466. The highest BCUT2D eigenvalue weighted by Crippen LogP contribution is 2.58. The molecule has 2 atom stereocenters. The zero-order valence-electron chi connectivity index (χ0n) is 11.9. The van der Waals surface area contributed by atoms with Crippen LogP contribution in [0.5, 0.6) is 0 Å². The van der Waals surface area contributed by atoms with Crippen molar-refractivity contribution in [3.05, 3.63) is 47.0 Å². The van der Waals surface area contributed by atoms with Crippen molar-refractivity contribution in [2.45, 2.75) is 46.5 Å². The van der Waals surface area contributed by atoms with E-state index in [4.69, 9.17) is 0 Å². The minimum absolute atomic E-state index is 0.466. The third-order valence-corrected chi connectivity index (χ3v) is 5.32. The van der Waals surface area contributed by atoms with Gasteiger partial charge in [-0.15, -0.1) is 0 Å². The van der Waals surface area contributed by atoms with Crippen LogP contribution in [0.2, 0.25) is 0 Å². The first-order valence-electron chi connectivity index (χ1n) is 7.33. The van der Waals surface area contributed by atoms with Crippen LogP contribution < -0.4 is 0 Å². The van der Waals surface area contributed by atoms with Gasteiger partial charge in [0.15, 0.2) is 0 Å². The Morgan fingerprint density at radius 3 is 2.50 bits per heavy atom. The van der Waals surface area contributed by atoms with E-state index in [9.17, 15) is 0 Å². The molecule has 2 bridgehead atoms. The van der Waals surface area contributed by atoms with E-state index < -0.39 is 0 Å². The number of rotatable bonds is 2. The summed E-state index contributed by atoms with van der Waals surface area (Å²) >= 11 is 0. The van der Waals surface area contributed by atoms with Gasteiger partial charge in [0.25, 0.3) is 0 Å². The van der Waals surface area contributed by atoms with Crippen molar-refractivity contribution in [3.8, 4) is 0 Å². The molecule has 0 saturated heterocycles. The Morgan fingerprint density at radius 2 is 1.89 bits per heavy atom. The van der Waals surface area contributed by atoms with E-state index in [0.717, 1.165) is 18.3 Å². The van der Waals surface area contributed by atoms with Crippen molar-refractivity contribution in [3.63, 3.8) is 0 Å². The zero-order valence-corrected chi connectivity index (χ0v) is 11.9. The fraction of sp³-hybridized carbons (Fsp3) is 0.556. The van der Waals surface area contributed by atoms with Crippen LogP contribution in [-0.4, -0.2) is 0 Å². The molecule has 0 aromatic heterocycles. The summed E-state index contributed by atoms with van der Waals surface area (Å²) in [5, 5.41) is 0. The third-order valence-electron chi connectivity index (χ3n) is 5.32. The first-order chi connectivity index (χ1) is 8.57. The smallest absolute Gasteiger partial charge is 0.00945 e. The zero-order chi connectivity index (χ0) is 12.8. The standard InChI is InChI=1S/C18H24/c1-13-4-6-14(7-5-13)8-11-17-15-9-10-16(12-15)18(17,2)3/h4-7,11,15-16H,8-10,12H2,1-3H3/b17-11+. The second-order valence-corrected chi connectivity index (χ2v) is 6.78. The van der Waals surface area contributed by atoms with E-state index >= 15 is 0 Å². The first kappa shape index (κ1) is 12.0. The highest BCUT2D eigenvalue weighted by molar-refractivity contribution is 5.29. The normalized spacial score (nSPS) is 31.2. The van der Waals surface area contributed by atoms with Crippen LogP contribution in [0, 0.1) is 24.2 Å². The van der Waals surface area contributed by atoms with Gasteiger partial charge in [0.05, 0.1) is 0 Å². The van der Waals surface area contributed by atoms with Gasteiger partial charge in [-0.1, -0.05) is 55.3 Å². The lowest BCUT2D eigenvalue weighted by Crippen LogP contribution is -2.22. The lowest BCUT2D eigenvalue weighted by molar-refractivity contribution is 0.287. The molecule has 2 unspecified atom stereocenters. The molecule has 2 aliphatic rings. The predicted octanol–water partition coefficient (Wildman–Crippen LogP) is 4.92. The Labute approximate surface area is 111 Å². The second-order valence-electron chi connectivity index (χ2n) is 6.78. The van der Waals surface area contributed by atoms with Crippen molar-refractivity contribution >= 4 is 0 Å². The SMILES string of the molecule is Cc1ccc(C/C=C2\C3CCC(C3)C2(C)C)cc1. The van der Waals surface area contributed by atoms with Crippen molar-refractivity contribution < 1.29 is 0 Å². The largest absolute Gasteiger partial charge is 0.0801 e. The van der Waals surface area contributed by atoms with E-state index in [0.29, 0.717) is 5.41 Å². The topological polar surface area (TPSA) is 0 Å². The molecule has 2 saturated carbocycles. The summed E-state index contributed by atoms with van der Waals surface area (Å²) in [5.74, 6) is 1.85. The predicted molar refractivity (Wildman–Crippen MR) is 77.6 cm³/mol. The van der Waals surface area contributed by atoms with E-state index in [1.165, 1.54) is 30.4 Å². The van der Waals surface area contributed by atoms with Crippen molar-refractivity contribution in [2.75, 3.05) is 0 Å². The molecule has 2 fully saturated rings. The number of fused-ring (bicyclic) bond motifs is 2. The van der Waals surface area contributed by atoms with Gasteiger partial charge in [-0.2, -0.15) is 0 Å². The summed E-state index contributed by atoms with van der Waals surface area (Å²) < 4.78 is 0. The minimum Gasteiger partial charge on any atom is -0.0801 e. The molecule has 1 aromatic carbocycles. The molecule has 0 radical (unpaired) electrons. The third kappa shape index (κ3) is 1.92. The average Bonchev–Trinajstić information content (AvgIpc) is 2.88. The molecule has 0 N–H and O–H groups in total. The van der Waals surface area contributed by atoms with Crippen LogP contribution in [0.1, 0.15) is 44.2 Å². The highest BCUT2D eigenvalue weighted by atomic mass is 14.5. The number of hydrogen-bond donors (Lipinski definition) is 0. The fourth-order valence-electron chi connectivity index (χ4n) is 4.06. The summed E-state index contributed by atoms with van der Waals surface area (Å²) in [7, 11) is 0. The van der Waals surface area contributed by atoms with Gasteiger partial charge in [0.1, 0.15) is 0 Å². The van der Waals surface area contributed by atoms with Crippen LogP contribution in [0.25, 0.3) is 0 Å². The van der Waals surface area contributed by atoms with Gasteiger partial charge >= 0.3 is 0 Å². The van der Waals surface area contributed by atoms with Crippen molar-refractivity contribution in [2.24, 2.45) is 17.3 Å². The molecule has 0 spiro atoms. The molecule has 1 aromatic rings. The Bertz CT molecular complexity index is 461. The summed E-state index contributed by atoms with van der Waals surface area (Å²) in [6, 6.07) is 8.98. The maximum atomic E-state index is 2.54. The van der Waals surface area contributed by atoms with Gasteiger partial charge in [-0.05, 0) is 55.4 Å².